The molecule has 0 heterocycles. The summed E-state index contributed by atoms with van der Waals surface area (Å²) in [4.78, 5) is 52.6. The van der Waals surface area contributed by atoms with Crippen LogP contribution in [-0.2, 0) is 41.8 Å². The molecule has 56 heavy (non-hydrogen) atoms. The average molecular weight is 845 g/mol. The molecule has 0 aliphatic heterocycles. The van der Waals surface area contributed by atoms with E-state index in [0.29, 0.717) is 12.8 Å². The number of ether oxygens (including phenoxy) is 2. The van der Waals surface area contributed by atoms with Gasteiger partial charge in [0.25, 0.3) is 0 Å². The van der Waals surface area contributed by atoms with Gasteiger partial charge < -0.3 is 29.3 Å². The van der Waals surface area contributed by atoms with Crippen LogP contribution in [0, 0.1) is 11.8 Å². The Morgan fingerprint density at radius 1 is 0.518 bits per heavy atom. The van der Waals surface area contributed by atoms with Crippen LogP contribution in [0.25, 0.3) is 0 Å². The molecule has 0 rings (SSSR count). The fourth-order valence-corrected chi connectivity index (χ4v) is 7.37. The highest BCUT2D eigenvalue weighted by molar-refractivity contribution is 7.47. The summed E-state index contributed by atoms with van der Waals surface area (Å²) >= 11 is 0. The lowest BCUT2D eigenvalue weighted by Gasteiger charge is -2.20. The first-order valence-electron chi connectivity index (χ1n) is 22.0. The van der Waals surface area contributed by atoms with Gasteiger partial charge in [0.2, 0.25) is 0 Å². The second-order valence-electron chi connectivity index (χ2n) is 16.1. The zero-order valence-electron chi connectivity index (χ0n) is 35.6. The van der Waals surface area contributed by atoms with Crippen molar-refractivity contribution in [3.05, 3.63) is 0 Å². The number of phosphoric acid groups is 2. The van der Waals surface area contributed by atoms with Crippen LogP contribution in [0.4, 0.5) is 0 Å². The van der Waals surface area contributed by atoms with Crippen molar-refractivity contribution in [3.63, 3.8) is 0 Å². The van der Waals surface area contributed by atoms with Crippen molar-refractivity contribution in [2.24, 2.45) is 11.8 Å². The molecule has 0 saturated heterocycles. The molecule has 0 aromatic heterocycles. The second kappa shape index (κ2) is 36.0. The molecule has 0 aromatic rings. The molecule has 0 aliphatic rings. The van der Waals surface area contributed by atoms with Crippen molar-refractivity contribution in [2.75, 3.05) is 26.4 Å². The Kier molecular flexibility index (Phi) is 35.4. The second-order valence-corrected chi connectivity index (χ2v) is 18.8. The average Bonchev–Trinajstić information content (AvgIpc) is 3.14. The number of aliphatic hydroxyl groups is 1. The van der Waals surface area contributed by atoms with Gasteiger partial charge in [-0.3, -0.25) is 23.2 Å². The van der Waals surface area contributed by atoms with Gasteiger partial charge in [0.1, 0.15) is 12.7 Å². The highest BCUT2D eigenvalue weighted by Crippen LogP contribution is 2.43. The molecule has 4 N–H and O–H groups in total. The van der Waals surface area contributed by atoms with Crippen LogP contribution in [0.2, 0.25) is 0 Å². The number of phosphoric ester groups is 2. The minimum absolute atomic E-state index is 0.138. The molecule has 334 valence electrons. The summed E-state index contributed by atoms with van der Waals surface area (Å²) in [6, 6.07) is 0. The van der Waals surface area contributed by atoms with E-state index in [-0.39, 0.29) is 19.4 Å². The van der Waals surface area contributed by atoms with E-state index in [1.807, 2.05) is 0 Å². The van der Waals surface area contributed by atoms with E-state index in [9.17, 15) is 28.7 Å². The normalized spacial score (nSPS) is 14.7. The van der Waals surface area contributed by atoms with Crippen LogP contribution in [0.5, 0.6) is 0 Å². The van der Waals surface area contributed by atoms with E-state index in [2.05, 4.69) is 36.7 Å². The lowest BCUT2D eigenvalue weighted by molar-refractivity contribution is -0.161. The van der Waals surface area contributed by atoms with Gasteiger partial charge in [0, 0.05) is 12.8 Å². The summed E-state index contributed by atoms with van der Waals surface area (Å²) in [6.07, 6.45) is 26.9. The summed E-state index contributed by atoms with van der Waals surface area (Å²) < 4.78 is 47.7. The minimum atomic E-state index is -4.86. The molecule has 0 bridgehead atoms. The van der Waals surface area contributed by atoms with E-state index < -0.39 is 59.6 Å². The molecule has 15 heteroatoms. The van der Waals surface area contributed by atoms with Crippen LogP contribution in [0.1, 0.15) is 201 Å². The maximum Gasteiger partial charge on any atom is 0.472 e. The van der Waals surface area contributed by atoms with Gasteiger partial charge in [-0.2, -0.15) is 0 Å². The van der Waals surface area contributed by atoms with Crippen molar-refractivity contribution >= 4 is 27.6 Å². The number of esters is 2. The minimum Gasteiger partial charge on any atom is -0.462 e. The van der Waals surface area contributed by atoms with Crippen LogP contribution in [0.3, 0.4) is 0 Å². The number of carbonyl (C=O) groups is 2. The fraction of sp³-hybridized carbons (Fsp3) is 0.951. The monoisotopic (exact) mass is 845 g/mol. The Morgan fingerprint density at radius 2 is 0.911 bits per heavy atom. The number of rotatable bonds is 41. The zero-order valence-corrected chi connectivity index (χ0v) is 37.4. The summed E-state index contributed by atoms with van der Waals surface area (Å²) in [5.41, 5.74) is 0. The van der Waals surface area contributed by atoms with Crippen LogP contribution in [-0.4, -0.2) is 70.4 Å². The van der Waals surface area contributed by atoms with E-state index >= 15 is 0 Å². The number of hydrogen-bond donors (Lipinski definition) is 4. The SMILES string of the molecule is CCC(C)CCCCCCCCC(=O)OC[C@H](COP(=O)(O)OC[C@@H](O)COP(=O)(O)O)OC(=O)CCCCCCCCCCCCCCCCCCC(C)C. The highest BCUT2D eigenvalue weighted by Gasteiger charge is 2.28. The molecule has 4 atom stereocenters. The summed E-state index contributed by atoms with van der Waals surface area (Å²) in [5.74, 6) is 0.554. The van der Waals surface area contributed by atoms with Crippen LogP contribution >= 0.6 is 15.6 Å². The highest BCUT2D eigenvalue weighted by atomic mass is 31.2. The van der Waals surface area contributed by atoms with Crippen molar-refractivity contribution in [2.45, 2.75) is 213 Å². The van der Waals surface area contributed by atoms with Crippen LogP contribution < -0.4 is 0 Å². The lowest BCUT2D eigenvalue weighted by atomic mass is 10.00. The Morgan fingerprint density at radius 3 is 1.36 bits per heavy atom. The zero-order chi connectivity index (χ0) is 41.9. The third kappa shape index (κ3) is 39.9. The predicted octanol–water partition coefficient (Wildman–Crippen LogP) is 10.9. The molecule has 0 amide bonds. The van der Waals surface area contributed by atoms with Gasteiger partial charge in [-0.05, 0) is 24.7 Å². The predicted molar refractivity (Wildman–Crippen MR) is 221 cm³/mol. The first-order chi connectivity index (χ1) is 26.6. The van der Waals surface area contributed by atoms with E-state index in [1.165, 1.54) is 109 Å². The van der Waals surface area contributed by atoms with E-state index in [1.54, 1.807) is 0 Å². The standard InChI is InChI=1S/C41H82O13P2/c1-5-37(4)29-25-21-18-19-22-26-30-40(43)50-34-39(35-53-56(48,49)52-33-38(42)32-51-55(45,46)47)54-41(44)31-27-23-17-15-13-11-9-7-6-8-10-12-14-16-20-24-28-36(2)3/h36-39,42H,5-35H2,1-4H3,(H,48,49)(H2,45,46,47)/t37?,38-,39+/m0/s1. The van der Waals surface area contributed by atoms with Gasteiger partial charge in [0.15, 0.2) is 6.10 Å². The molecular weight excluding hydrogens is 762 g/mol. The van der Waals surface area contributed by atoms with E-state index in [4.69, 9.17) is 23.8 Å². The fourth-order valence-electron chi connectivity index (χ4n) is 6.22. The molecule has 13 nitrogen and oxygen atoms in total. The Balaban J connectivity index is 4.42. The van der Waals surface area contributed by atoms with E-state index in [0.717, 1.165) is 50.4 Å². The first kappa shape index (κ1) is 55.1. The Bertz CT molecular complexity index is 1040. The third-order valence-electron chi connectivity index (χ3n) is 9.95. The first-order valence-corrected chi connectivity index (χ1v) is 25.0. The molecule has 0 saturated carbocycles. The van der Waals surface area contributed by atoms with Gasteiger partial charge in [-0.15, -0.1) is 0 Å². The quantitative estimate of drug-likeness (QED) is 0.0258. The molecule has 0 spiro atoms. The van der Waals surface area contributed by atoms with Crippen LogP contribution in [0.15, 0.2) is 0 Å². The number of unbranched alkanes of at least 4 members (excludes halogenated alkanes) is 20. The summed E-state index contributed by atoms with van der Waals surface area (Å²) in [5, 5.41) is 9.73. The van der Waals surface area contributed by atoms with Crippen molar-refractivity contribution in [1.82, 2.24) is 0 Å². The number of aliphatic hydroxyl groups excluding tert-OH is 1. The summed E-state index contributed by atoms with van der Waals surface area (Å²) in [6.45, 7) is 6.39. The largest absolute Gasteiger partial charge is 0.472 e. The topological polar surface area (TPSA) is 195 Å². The third-order valence-corrected chi connectivity index (χ3v) is 11.4. The smallest absolute Gasteiger partial charge is 0.462 e. The Labute approximate surface area is 340 Å². The number of hydrogen-bond acceptors (Lipinski definition) is 10. The molecule has 0 aromatic carbocycles. The molecule has 0 fully saturated rings. The van der Waals surface area contributed by atoms with Gasteiger partial charge in [-0.1, -0.05) is 175 Å². The number of carbonyl (C=O) groups excluding carboxylic acids is 2. The van der Waals surface area contributed by atoms with Gasteiger partial charge >= 0.3 is 27.6 Å². The van der Waals surface area contributed by atoms with Crippen molar-refractivity contribution in [3.8, 4) is 0 Å². The van der Waals surface area contributed by atoms with Gasteiger partial charge in [-0.25, -0.2) is 9.13 Å². The molecular formula is C41H82O13P2. The van der Waals surface area contributed by atoms with Crippen molar-refractivity contribution < 1.29 is 61.6 Å². The molecule has 0 radical (unpaired) electrons. The van der Waals surface area contributed by atoms with Crippen molar-refractivity contribution in [1.29, 1.82) is 0 Å². The maximum atomic E-state index is 12.7. The Hall–Kier alpha value is -0.880. The maximum absolute atomic E-state index is 12.7. The molecule has 0 aliphatic carbocycles. The molecule has 2 unspecified atom stereocenters. The summed E-state index contributed by atoms with van der Waals surface area (Å²) in [7, 11) is -9.65. The lowest BCUT2D eigenvalue weighted by Crippen LogP contribution is -2.30. The van der Waals surface area contributed by atoms with Gasteiger partial charge in [0.05, 0.1) is 19.8 Å².